The molecule has 4 nitrogen and oxygen atoms in total. The minimum absolute atomic E-state index is 0.00563. The fraction of sp³-hybridized carbons (Fsp3) is 0.357. The highest BCUT2D eigenvalue weighted by Crippen LogP contribution is 2.24. The lowest BCUT2D eigenvalue weighted by Gasteiger charge is -2.07. The van der Waals surface area contributed by atoms with Crippen molar-refractivity contribution in [2.75, 3.05) is 0 Å². The molecule has 0 aromatic heterocycles. The molecular weight excluding hydrogens is 264 g/mol. The molecule has 102 valence electrons. The summed E-state index contributed by atoms with van der Waals surface area (Å²) in [6.45, 7) is 3.38. The van der Waals surface area contributed by atoms with Crippen molar-refractivity contribution in [2.24, 2.45) is 0 Å². The first-order chi connectivity index (χ1) is 8.90. The van der Waals surface area contributed by atoms with E-state index in [0.717, 1.165) is 4.90 Å². The number of carboxylic acids is 1. The summed E-state index contributed by atoms with van der Waals surface area (Å²) in [5.74, 6) is -1.05. The molecule has 0 fully saturated rings. The van der Waals surface area contributed by atoms with Gasteiger partial charge in [0.1, 0.15) is 5.78 Å². The smallest absolute Gasteiger partial charge is 0.303 e. The molecule has 0 spiro atoms. The molecule has 5 heteroatoms. The van der Waals surface area contributed by atoms with E-state index in [1.807, 2.05) is 6.92 Å². The maximum atomic E-state index is 11.7. The van der Waals surface area contributed by atoms with Crippen LogP contribution in [0.15, 0.2) is 29.2 Å². The maximum Gasteiger partial charge on any atom is 0.303 e. The van der Waals surface area contributed by atoms with Gasteiger partial charge in [-0.2, -0.15) is 0 Å². The Morgan fingerprint density at radius 1 is 1.16 bits per heavy atom. The third kappa shape index (κ3) is 5.26. The fourth-order valence-electron chi connectivity index (χ4n) is 1.37. The first-order valence-electron chi connectivity index (χ1n) is 5.92. The van der Waals surface area contributed by atoms with Crippen LogP contribution < -0.4 is 0 Å². The second-order valence-corrected chi connectivity index (χ2v) is 5.63. The molecule has 0 radical (unpaired) electrons. The van der Waals surface area contributed by atoms with Crippen molar-refractivity contribution < 1.29 is 19.5 Å². The molecule has 0 saturated carbocycles. The summed E-state index contributed by atoms with van der Waals surface area (Å²) in [7, 11) is 0. The summed E-state index contributed by atoms with van der Waals surface area (Å²) < 4.78 is 0. The number of hydrogen-bond donors (Lipinski definition) is 1. The number of carbonyl (C=O) groups excluding carboxylic acids is 2. The zero-order valence-corrected chi connectivity index (χ0v) is 11.7. The van der Waals surface area contributed by atoms with E-state index >= 15 is 0 Å². The molecule has 0 saturated heterocycles. The molecule has 0 aliphatic carbocycles. The van der Waals surface area contributed by atoms with E-state index in [2.05, 4.69) is 0 Å². The average molecular weight is 280 g/mol. The number of rotatable bonds is 7. The van der Waals surface area contributed by atoms with E-state index in [1.54, 1.807) is 31.2 Å². The number of Topliss-reactive ketones (excluding diaryl/α,β-unsaturated/α-hetero) is 2. The van der Waals surface area contributed by atoms with Crippen molar-refractivity contribution in [1.82, 2.24) is 0 Å². The fourth-order valence-corrected chi connectivity index (χ4v) is 2.24. The quantitative estimate of drug-likeness (QED) is 0.614. The Labute approximate surface area is 116 Å². The van der Waals surface area contributed by atoms with Crippen LogP contribution in [0, 0.1) is 0 Å². The Kier molecular flexibility index (Phi) is 5.76. The minimum atomic E-state index is -0.976. The van der Waals surface area contributed by atoms with Crippen molar-refractivity contribution >= 4 is 29.3 Å². The number of benzene rings is 1. The molecule has 19 heavy (non-hydrogen) atoms. The van der Waals surface area contributed by atoms with Crippen molar-refractivity contribution in [2.45, 2.75) is 36.8 Å². The van der Waals surface area contributed by atoms with Gasteiger partial charge >= 0.3 is 5.97 Å². The van der Waals surface area contributed by atoms with Gasteiger partial charge in [-0.25, -0.2) is 0 Å². The molecule has 0 aliphatic rings. The SMILES string of the molecule is CC(=O)C(C)Sc1ccc(C(=O)CCC(=O)O)cc1. The van der Waals surface area contributed by atoms with Gasteiger partial charge in [-0.05, 0) is 26.0 Å². The van der Waals surface area contributed by atoms with E-state index < -0.39 is 5.97 Å². The highest BCUT2D eigenvalue weighted by molar-refractivity contribution is 8.00. The van der Waals surface area contributed by atoms with Crippen LogP contribution in [0.3, 0.4) is 0 Å². The lowest BCUT2D eigenvalue weighted by atomic mass is 10.1. The van der Waals surface area contributed by atoms with Gasteiger partial charge in [0.25, 0.3) is 0 Å². The van der Waals surface area contributed by atoms with Crippen LogP contribution in [0.2, 0.25) is 0 Å². The minimum Gasteiger partial charge on any atom is -0.481 e. The highest BCUT2D eigenvalue weighted by atomic mass is 32.2. The van der Waals surface area contributed by atoms with Gasteiger partial charge in [0.05, 0.1) is 11.7 Å². The van der Waals surface area contributed by atoms with Gasteiger partial charge in [0.2, 0.25) is 0 Å². The van der Waals surface area contributed by atoms with Crippen LogP contribution in [0.25, 0.3) is 0 Å². The van der Waals surface area contributed by atoms with E-state index in [4.69, 9.17) is 5.11 Å². The van der Waals surface area contributed by atoms with Gasteiger partial charge in [0, 0.05) is 16.9 Å². The number of carbonyl (C=O) groups is 3. The molecule has 1 aromatic rings. The molecule has 1 rings (SSSR count). The predicted octanol–water partition coefficient (Wildman–Crippen LogP) is 2.80. The van der Waals surface area contributed by atoms with Crippen LogP contribution in [-0.2, 0) is 9.59 Å². The van der Waals surface area contributed by atoms with Crippen LogP contribution in [-0.4, -0.2) is 27.9 Å². The van der Waals surface area contributed by atoms with Crippen molar-refractivity contribution in [3.8, 4) is 0 Å². The molecule has 0 bridgehead atoms. The summed E-state index contributed by atoms with van der Waals surface area (Å²) in [6.07, 6.45) is -0.150. The third-order valence-electron chi connectivity index (χ3n) is 2.63. The average Bonchev–Trinajstić information content (AvgIpc) is 2.36. The van der Waals surface area contributed by atoms with Gasteiger partial charge < -0.3 is 5.11 Å². The summed E-state index contributed by atoms with van der Waals surface area (Å²) >= 11 is 1.44. The normalized spacial score (nSPS) is 11.9. The zero-order chi connectivity index (χ0) is 14.4. The standard InChI is InChI=1S/C14H16O4S/c1-9(15)10(2)19-12-5-3-11(4-6-12)13(16)7-8-14(17)18/h3-6,10H,7-8H2,1-2H3,(H,17,18). The summed E-state index contributed by atoms with van der Waals surface area (Å²) in [4.78, 5) is 34.1. The second-order valence-electron chi connectivity index (χ2n) is 4.21. The van der Waals surface area contributed by atoms with Crippen LogP contribution >= 0.6 is 11.8 Å². The molecular formula is C14H16O4S. The van der Waals surface area contributed by atoms with E-state index in [0.29, 0.717) is 5.56 Å². The second kappa shape index (κ2) is 7.09. The summed E-state index contributed by atoms with van der Waals surface area (Å²) in [5, 5.41) is 8.40. The summed E-state index contributed by atoms with van der Waals surface area (Å²) in [6, 6.07) is 6.88. The molecule has 0 heterocycles. The predicted molar refractivity (Wildman–Crippen MR) is 73.6 cm³/mol. The van der Waals surface area contributed by atoms with Gasteiger partial charge in [0.15, 0.2) is 5.78 Å². The lowest BCUT2D eigenvalue weighted by Crippen LogP contribution is -2.07. The number of ketones is 2. The number of hydrogen-bond acceptors (Lipinski definition) is 4. The number of aliphatic carboxylic acids is 1. The van der Waals surface area contributed by atoms with Gasteiger partial charge in [-0.3, -0.25) is 14.4 Å². The molecule has 0 amide bonds. The number of thioether (sulfide) groups is 1. The first kappa shape index (κ1) is 15.4. The highest BCUT2D eigenvalue weighted by Gasteiger charge is 2.11. The Hall–Kier alpha value is -1.62. The molecule has 1 aromatic carbocycles. The van der Waals surface area contributed by atoms with Crippen molar-refractivity contribution in [3.63, 3.8) is 0 Å². The molecule has 1 N–H and O–H groups in total. The largest absolute Gasteiger partial charge is 0.481 e. The molecule has 1 atom stereocenters. The Morgan fingerprint density at radius 3 is 2.21 bits per heavy atom. The van der Waals surface area contributed by atoms with E-state index in [9.17, 15) is 14.4 Å². The Morgan fingerprint density at radius 2 is 1.74 bits per heavy atom. The molecule has 1 unspecified atom stereocenters. The lowest BCUT2D eigenvalue weighted by molar-refractivity contribution is -0.137. The van der Waals surface area contributed by atoms with Crippen LogP contribution in [0.4, 0.5) is 0 Å². The third-order valence-corrected chi connectivity index (χ3v) is 3.86. The van der Waals surface area contributed by atoms with Crippen LogP contribution in [0.5, 0.6) is 0 Å². The maximum absolute atomic E-state index is 11.7. The topological polar surface area (TPSA) is 71.4 Å². The van der Waals surface area contributed by atoms with Crippen molar-refractivity contribution in [3.05, 3.63) is 29.8 Å². The van der Waals surface area contributed by atoms with E-state index in [1.165, 1.54) is 11.8 Å². The summed E-state index contributed by atoms with van der Waals surface area (Å²) in [5.41, 5.74) is 0.501. The molecule has 0 aliphatic heterocycles. The first-order valence-corrected chi connectivity index (χ1v) is 6.80. The van der Waals surface area contributed by atoms with Crippen LogP contribution in [0.1, 0.15) is 37.0 Å². The van der Waals surface area contributed by atoms with E-state index in [-0.39, 0.29) is 29.7 Å². The van der Waals surface area contributed by atoms with Gasteiger partial charge in [-0.15, -0.1) is 11.8 Å². The number of carboxylic acid groups (broad SMARTS) is 1. The Balaban J connectivity index is 2.63. The monoisotopic (exact) mass is 280 g/mol. The van der Waals surface area contributed by atoms with Gasteiger partial charge in [-0.1, -0.05) is 12.1 Å². The van der Waals surface area contributed by atoms with Crippen molar-refractivity contribution in [1.29, 1.82) is 0 Å². The Bertz CT molecular complexity index is 479. The zero-order valence-electron chi connectivity index (χ0n) is 10.9.